The molecule has 6 nitrogen and oxygen atoms in total. The second kappa shape index (κ2) is 10.4. The first-order valence-electron chi connectivity index (χ1n) is 10.5. The quantitative estimate of drug-likeness (QED) is 0.382. The summed E-state index contributed by atoms with van der Waals surface area (Å²) in [5.74, 6) is 0.208. The molecule has 0 spiro atoms. The molecule has 4 rings (SSSR count). The number of carbonyl (C=O) groups excluding carboxylic acids is 1. The van der Waals surface area contributed by atoms with Gasteiger partial charge >= 0.3 is 5.97 Å². The van der Waals surface area contributed by atoms with Crippen LogP contribution in [0.25, 0.3) is 5.70 Å². The van der Waals surface area contributed by atoms with Gasteiger partial charge < -0.3 is 24.8 Å². The van der Waals surface area contributed by atoms with Crippen LogP contribution >= 0.6 is 12.2 Å². The van der Waals surface area contributed by atoms with E-state index < -0.39 is 12.0 Å². The van der Waals surface area contributed by atoms with Gasteiger partial charge in [-0.05, 0) is 53.2 Å². The van der Waals surface area contributed by atoms with Gasteiger partial charge in [0.2, 0.25) is 0 Å². The second-order valence-electron chi connectivity index (χ2n) is 7.50. The minimum absolute atomic E-state index is 0.247. The number of carbonyl (C=O) groups is 1. The number of hydrogen-bond donors (Lipinski definition) is 2. The van der Waals surface area contributed by atoms with Crippen LogP contribution in [0.4, 0.5) is 4.39 Å². The smallest absolute Gasteiger partial charge is 0.338 e. The van der Waals surface area contributed by atoms with Crippen molar-refractivity contribution in [2.75, 3.05) is 14.2 Å². The molecule has 0 amide bonds. The third kappa shape index (κ3) is 5.02. The predicted molar refractivity (Wildman–Crippen MR) is 131 cm³/mol. The fourth-order valence-corrected chi connectivity index (χ4v) is 3.92. The molecule has 0 saturated carbocycles. The van der Waals surface area contributed by atoms with Crippen LogP contribution in [-0.4, -0.2) is 25.3 Å². The largest absolute Gasteiger partial charge is 0.493 e. The lowest BCUT2D eigenvalue weighted by Crippen LogP contribution is -2.45. The molecule has 1 heterocycles. The molecular weight excluding hydrogens is 455 g/mol. The van der Waals surface area contributed by atoms with Gasteiger partial charge in [0.05, 0.1) is 31.5 Å². The highest BCUT2D eigenvalue weighted by Gasteiger charge is 2.33. The number of methoxy groups -OCH3 is 2. The van der Waals surface area contributed by atoms with Crippen molar-refractivity contribution in [3.63, 3.8) is 0 Å². The van der Waals surface area contributed by atoms with E-state index in [1.54, 1.807) is 24.3 Å². The second-order valence-corrected chi connectivity index (χ2v) is 7.91. The van der Waals surface area contributed by atoms with E-state index >= 15 is 0 Å². The zero-order valence-corrected chi connectivity index (χ0v) is 19.4. The number of esters is 1. The summed E-state index contributed by atoms with van der Waals surface area (Å²) in [6.07, 6.45) is 0. The Kier molecular flexibility index (Phi) is 7.08. The summed E-state index contributed by atoms with van der Waals surface area (Å²) < 4.78 is 29.7. The summed E-state index contributed by atoms with van der Waals surface area (Å²) >= 11 is 5.44. The molecule has 174 valence electrons. The van der Waals surface area contributed by atoms with Crippen molar-refractivity contribution in [3.05, 3.63) is 101 Å². The molecule has 8 heteroatoms. The summed E-state index contributed by atoms with van der Waals surface area (Å²) in [6, 6.07) is 20.4. The van der Waals surface area contributed by atoms with E-state index in [4.69, 9.17) is 26.4 Å². The Morgan fingerprint density at radius 1 is 1.00 bits per heavy atom. The first-order chi connectivity index (χ1) is 16.5. The number of ether oxygens (including phenoxy) is 3. The molecule has 0 aromatic heterocycles. The highest BCUT2D eigenvalue weighted by atomic mass is 32.1. The lowest BCUT2D eigenvalue weighted by molar-refractivity contribution is -0.136. The van der Waals surface area contributed by atoms with E-state index in [0.717, 1.165) is 16.7 Å². The Labute approximate surface area is 202 Å². The van der Waals surface area contributed by atoms with Crippen molar-refractivity contribution in [1.82, 2.24) is 10.6 Å². The number of hydrogen-bond acceptors (Lipinski definition) is 5. The first kappa shape index (κ1) is 23.3. The molecule has 0 unspecified atom stereocenters. The molecule has 3 aromatic rings. The van der Waals surface area contributed by atoms with E-state index in [-0.39, 0.29) is 12.4 Å². The van der Waals surface area contributed by atoms with Crippen molar-refractivity contribution in [2.45, 2.75) is 12.6 Å². The van der Waals surface area contributed by atoms with Crippen molar-refractivity contribution in [3.8, 4) is 11.5 Å². The molecule has 34 heavy (non-hydrogen) atoms. The molecule has 1 aliphatic rings. The molecule has 0 radical (unpaired) electrons. The molecule has 0 aliphatic carbocycles. The highest BCUT2D eigenvalue weighted by molar-refractivity contribution is 7.80. The van der Waals surface area contributed by atoms with Crippen LogP contribution in [0.2, 0.25) is 0 Å². The van der Waals surface area contributed by atoms with Crippen LogP contribution in [-0.2, 0) is 16.1 Å². The van der Waals surface area contributed by atoms with Crippen molar-refractivity contribution in [2.24, 2.45) is 0 Å². The van der Waals surface area contributed by atoms with Gasteiger partial charge in [0.1, 0.15) is 12.4 Å². The van der Waals surface area contributed by atoms with Crippen LogP contribution in [0.5, 0.6) is 11.5 Å². The Morgan fingerprint density at radius 2 is 1.74 bits per heavy atom. The SMILES string of the molecule is COC(=O)C1=C(c2ccccc2)NC(=S)N[C@H]1c1ccc(OCc2ccc(F)cc2)c(OC)c1. The minimum Gasteiger partial charge on any atom is -0.493 e. The number of benzene rings is 3. The topological polar surface area (TPSA) is 68.8 Å². The molecule has 1 atom stereocenters. The van der Waals surface area contributed by atoms with Gasteiger partial charge in [0, 0.05) is 0 Å². The van der Waals surface area contributed by atoms with Gasteiger partial charge in [-0.3, -0.25) is 0 Å². The minimum atomic E-state index is -0.573. The van der Waals surface area contributed by atoms with Crippen LogP contribution in [0.1, 0.15) is 22.7 Å². The molecule has 0 saturated heterocycles. The fourth-order valence-electron chi connectivity index (χ4n) is 3.70. The monoisotopic (exact) mass is 478 g/mol. The number of halogens is 1. The Morgan fingerprint density at radius 3 is 2.41 bits per heavy atom. The van der Waals surface area contributed by atoms with E-state index in [0.29, 0.717) is 27.9 Å². The molecule has 1 aliphatic heterocycles. The van der Waals surface area contributed by atoms with Gasteiger partial charge in [-0.2, -0.15) is 0 Å². The molecule has 2 N–H and O–H groups in total. The number of thiocarbonyl (C=S) groups is 1. The van der Waals surface area contributed by atoms with Crippen LogP contribution < -0.4 is 20.1 Å². The van der Waals surface area contributed by atoms with Crippen LogP contribution in [0, 0.1) is 5.82 Å². The Balaban J connectivity index is 1.69. The van der Waals surface area contributed by atoms with Gasteiger partial charge in [-0.25, -0.2) is 9.18 Å². The zero-order valence-electron chi connectivity index (χ0n) is 18.6. The van der Waals surface area contributed by atoms with Crippen molar-refractivity contribution in [1.29, 1.82) is 0 Å². The van der Waals surface area contributed by atoms with E-state index in [1.807, 2.05) is 36.4 Å². The zero-order chi connectivity index (χ0) is 24.1. The fraction of sp³-hybridized carbons (Fsp3) is 0.154. The maximum absolute atomic E-state index is 13.2. The average Bonchev–Trinajstić information content (AvgIpc) is 2.87. The summed E-state index contributed by atoms with van der Waals surface area (Å²) in [6.45, 7) is 0.247. The number of rotatable bonds is 7. The summed E-state index contributed by atoms with van der Waals surface area (Å²) in [5.41, 5.74) is 3.34. The van der Waals surface area contributed by atoms with E-state index in [2.05, 4.69) is 10.6 Å². The van der Waals surface area contributed by atoms with Gasteiger partial charge in [0.25, 0.3) is 0 Å². The van der Waals surface area contributed by atoms with Crippen LogP contribution in [0.3, 0.4) is 0 Å². The number of nitrogens with one attached hydrogen (secondary N) is 2. The van der Waals surface area contributed by atoms with Gasteiger partial charge in [-0.1, -0.05) is 48.5 Å². The third-order valence-corrected chi connectivity index (χ3v) is 5.59. The van der Waals surface area contributed by atoms with Crippen LogP contribution in [0.15, 0.2) is 78.4 Å². The molecule has 0 bridgehead atoms. The summed E-state index contributed by atoms with van der Waals surface area (Å²) in [4.78, 5) is 12.9. The van der Waals surface area contributed by atoms with Gasteiger partial charge in [0.15, 0.2) is 16.6 Å². The standard InChI is InChI=1S/C26H23FN2O4S/c1-31-21-14-18(10-13-20(21)33-15-16-8-11-19(27)12-9-16)24-22(25(30)32-2)23(28-26(34)29-24)17-6-4-3-5-7-17/h3-14,24H,15H2,1-2H3,(H2,28,29,34)/t24-/m0/s1. The maximum Gasteiger partial charge on any atom is 0.338 e. The van der Waals surface area contributed by atoms with Crippen molar-refractivity contribution < 1.29 is 23.4 Å². The Bertz CT molecular complexity index is 1230. The lowest BCUT2D eigenvalue weighted by atomic mass is 9.92. The van der Waals surface area contributed by atoms with E-state index in [1.165, 1.54) is 26.4 Å². The lowest BCUT2D eigenvalue weighted by Gasteiger charge is -2.31. The third-order valence-electron chi connectivity index (χ3n) is 5.37. The van der Waals surface area contributed by atoms with Gasteiger partial charge in [-0.15, -0.1) is 0 Å². The molecule has 0 fully saturated rings. The summed E-state index contributed by atoms with van der Waals surface area (Å²) in [5, 5.41) is 6.64. The molecule has 3 aromatic carbocycles. The first-order valence-corrected chi connectivity index (χ1v) is 10.9. The average molecular weight is 479 g/mol. The normalized spacial score (nSPS) is 15.3. The molecular formula is C26H23FN2O4S. The van der Waals surface area contributed by atoms with Crippen molar-refractivity contribution >= 4 is 29.0 Å². The predicted octanol–water partition coefficient (Wildman–Crippen LogP) is 4.52. The van der Waals surface area contributed by atoms with E-state index in [9.17, 15) is 9.18 Å². The highest BCUT2D eigenvalue weighted by Crippen LogP contribution is 2.36. The Hall–Kier alpha value is -3.91. The maximum atomic E-state index is 13.2. The summed E-state index contributed by atoms with van der Waals surface area (Å²) in [7, 11) is 2.88.